The number of nitrogens with zero attached hydrogens (tertiary/aromatic N) is 3. The van der Waals surface area contributed by atoms with Gasteiger partial charge in [0.2, 0.25) is 0 Å². The van der Waals surface area contributed by atoms with Gasteiger partial charge in [-0.1, -0.05) is 11.6 Å². The molecule has 1 aliphatic heterocycles. The van der Waals surface area contributed by atoms with E-state index in [4.69, 9.17) is 23.2 Å². The topological polar surface area (TPSA) is 29.0 Å². The number of rotatable bonds is 2. The van der Waals surface area contributed by atoms with Crippen molar-refractivity contribution < 1.29 is 0 Å². The Kier molecular flexibility index (Phi) is 3.94. The molecule has 1 aromatic heterocycles. The highest BCUT2D eigenvalue weighted by Crippen LogP contribution is 2.26. The van der Waals surface area contributed by atoms with Crippen molar-refractivity contribution in [2.75, 3.05) is 29.5 Å². The van der Waals surface area contributed by atoms with Gasteiger partial charge >= 0.3 is 0 Å². The van der Waals surface area contributed by atoms with Gasteiger partial charge in [-0.3, -0.25) is 0 Å². The van der Waals surface area contributed by atoms with Crippen molar-refractivity contribution in [1.29, 1.82) is 0 Å². The summed E-state index contributed by atoms with van der Waals surface area (Å²) in [4.78, 5) is 10.4. The Bertz CT molecular complexity index is 342. The molecule has 0 unspecified atom stereocenters. The Balaban J connectivity index is 2.29. The van der Waals surface area contributed by atoms with E-state index >= 15 is 0 Å². The van der Waals surface area contributed by atoms with Crippen LogP contribution < -0.4 is 4.90 Å². The summed E-state index contributed by atoms with van der Waals surface area (Å²) in [7, 11) is 0. The van der Waals surface area contributed by atoms with Gasteiger partial charge in [0.1, 0.15) is 17.3 Å². The van der Waals surface area contributed by atoms with E-state index in [1.54, 1.807) is 0 Å². The third kappa shape index (κ3) is 2.49. The second-order valence-electron chi connectivity index (χ2n) is 3.20. The number of aromatic nitrogens is 2. The molecule has 2 heterocycles. The molecule has 3 nitrogen and oxygen atoms in total. The van der Waals surface area contributed by atoms with Crippen LogP contribution in [-0.2, 0) is 5.88 Å². The summed E-state index contributed by atoms with van der Waals surface area (Å²) in [5.41, 5.74) is 0.840. The third-order valence-corrected chi connectivity index (χ3v) is 3.85. The van der Waals surface area contributed by atoms with E-state index in [0.29, 0.717) is 11.0 Å². The van der Waals surface area contributed by atoms with Gasteiger partial charge < -0.3 is 4.90 Å². The summed E-state index contributed by atoms with van der Waals surface area (Å²) >= 11 is 13.8. The minimum atomic E-state index is 0.360. The summed E-state index contributed by atoms with van der Waals surface area (Å²) in [6.07, 6.45) is 1.50. The normalized spacial score (nSPS) is 16.8. The predicted molar refractivity (Wildman–Crippen MR) is 66.1 cm³/mol. The second kappa shape index (κ2) is 5.23. The molecule has 0 saturated carbocycles. The Morgan fingerprint density at radius 3 is 2.73 bits per heavy atom. The minimum Gasteiger partial charge on any atom is -0.355 e. The maximum Gasteiger partial charge on any atom is 0.138 e. The van der Waals surface area contributed by atoms with Crippen molar-refractivity contribution in [2.24, 2.45) is 0 Å². The Morgan fingerprint density at radius 2 is 2.07 bits per heavy atom. The van der Waals surface area contributed by atoms with Crippen LogP contribution in [0.3, 0.4) is 0 Å². The summed E-state index contributed by atoms with van der Waals surface area (Å²) in [5, 5.41) is 0.466. The summed E-state index contributed by atoms with van der Waals surface area (Å²) < 4.78 is 0. The van der Waals surface area contributed by atoms with Crippen LogP contribution in [0.15, 0.2) is 6.33 Å². The first-order valence-electron chi connectivity index (χ1n) is 4.71. The zero-order valence-corrected chi connectivity index (χ0v) is 10.4. The van der Waals surface area contributed by atoms with E-state index in [1.807, 2.05) is 11.8 Å². The first kappa shape index (κ1) is 11.3. The fraction of sp³-hybridized carbons (Fsp3) is 0.556. The molecule has 0 aromatic carbocycles. The summed E-state index contributed by atoms with van der Waals surface area (Å²) in [6.45, 7) is 2.00. The second-order valence-corrected chi connectivity index (χ2v) is 5.05. The number of thioether (sulfide) groups is 1. The number of alkyl halides is 1. The van der Waals surface area contributed by atoms with E-state index in [0.717, 1.165) is 36.0 Å². The maximum absolute atomic E-state index is 5.98. The van der Waals surface area contributed by atoms with Gasteiger partial charge in [-0.2, -0.15) is 11.8 Å². The molecule has 0 spiro atoms. The van der Waals surface area contributed by atoms with Gasteiger partial charge in [0, 0.05) is 30.2 Å². The van der Waals surface area contributed by atoms with Crippen molar-refractivity contribution in [1.82, 2.24) is 9.97 Å². The lowest BCUT2D eigenvalue weighted by atomic mass is 10.3. The van der Waals surface area contributed by atoms with E-state index in [9.17, 15) is 0 Å². The van der Waals surface area contributed by atoms with Crippen molar-refractivity contribution in [2.45, 2.75) is 5.88 Å². The highest BCUT2D eigenvalue weighted by Gasteiger charge is 2.17. The minimum absolute atomic E-state index is 0.360. The average molecular weight is 264 g/mol. The SMILES string of the molecule is ClCc1c(Cl)ncnc1N1CCSCC1. The molecule has 0 radical (unpaired) electrons. The summed E-state index contributed by atoms with van der Waals surface area (Å²) in [5.74, 6) is 3.51. The molecule has 15 heavy (non-hydrogen) atoms. The zero-order valence-electron chi connectivity index (χ0n) is 8.12. The van der Waals surface area contributed by atoms with E-state index in [-0.39, 0.29) is 0 Å². The smallest absolute Gasteiger partial charge is 0.138 e. The van der Waals surface area contributed by atoms with Crippen LogP contribution in [0.25, 0.3) is 0 Å². The van der Waals surface area contributed by atoms with Crippen LogP contribution in [-0.4, -0.2) is 34.6 Å². The van der Waals surface area contributed by atoms with Gasteiger partial charge in [0.05, 0.1) is 5.88 Å². The van der Waals surface area contributed by atoms with E-state index < -0.39 is 0 Å². The van der Waals surface area contributed by atoms with Crippen molar-refractivity contribution >= 4 is 40.8 Å². The van der Waals surface area contributed by atoms with Crippen molar-refractivity contribution in [3.8, 4) is 0 Å². The van der Waals surface area contributed by atoms with Crippen LogP contribution in [0, 0.1) is 0 Å². The van der Waals surface area contributed by atoms with Gasteiger partial charge in [-0.25, -0.2) is 9.97 Å². The molecule has 2 rings (SSSR count). The highest BCUT2D eigenvalue weighted by atomic mass is 35.5. The molecule has 0 aliphatic carbocycles. The summed E-state index contributed by atoms with van der Waals surface area (Å²) in [6, 6.07) is 0. The lowest BCUT2D eigenvalue weighted by molar-refractivity contribution is 0.827. The van der Waals surface area contributed by atoms with Gasteiger partial charge in [-0.05, 0) is 0 Å². The molecular formula is C9H11Cl2N3S. The first-order chi connectivity index (χ1) is 7.33. The molecule has 1 aliphatic rings. The van der Waals surface area contributed by atoms with Crippen molar-refractivity contribution in [3.63, 3.8) is 0 Å². The van der Waals surface area contributed by atoms with Crippen LogP contribution >= 0.6 is 35.0 Å². The molecule has 0 atom stereocenters. The quantitative estimate of drug-likeness (QED) is 0.606. The third-order valence-electron chi connectivity index (χ3n) is 2.31. The van der Waals surface area contributed by atoms with Crippen LogP contribution in [0.4, 0.5) is 5.82 Å². The van der Waals surface area contributed by atoms with Crippen LogP contribution in [0.5, 0.6) is 0 Å². The molecule has 1 fully saturated rings. The molecule has 82 valence electrons. The monoisotopic (exact) mass is 263 g/mol. The number of hydrogen-bond donors (Lipinski definition) is 0. The van der Waals surface area contributed by atoms with Crippen LogP contribution in [0.1, 0.15) is 5.56 Å². The number of halogens is 2. The lowest BCUT2D eigenvalue weighted by Crippen LogP contribution is -2.33. The first-order valence-corrected chi connectivity index (χ1v) is 6.77. The van der Waals surface area contributed by atoms with E-state index in [1.165, 1.54) is 6.33 Å². The highest BCUT2D eigenvalue weighted by molar-refractivity contribution is 7.99. The van der Waals surface area contributed by atoms with Gasteiger partial charge in [0.15, 0.2) is 0 Å². The standard InChI is InChI=1S/C9H11Cl2N3S/c10-5-7-8(11)12-6-13-9(7)14-1-3-15-4-2-14/h6H,1-5H2. The molecule has 0 amide bonds. The van der Waals surface area contributed by atoms with Crippen LogP contribution in [0.2, 0.25) is 5.15 Å². The molecule has 1 saturated heterocycles. The largest absolute Gasteiger partial charge is 0.355 e. The van der Waals surface area contributed by atoms with Gasteiger partial charge in [0.25, 0.3) is 0 Å². The fourth-order valence-electron chi connectivity index (χ4n) is 1.54. The Morgan fingerprint density at radius 1 is 1.33 bits per heavy atom. The number of anilines is 1. The Hall–Kier alpha value is -0.190. The van der Waals surface area contributed by atoms with E-state index in [2.05, 4.69) is 14.9 Å². The number of hydrogen-bond acceptors (Lipinski definition) is 4. The zero-order chi connectivity index (χ0) is 10.7. The molecule has 1 aromatic rings. The molecule has 0 bridgehead atoms. The van der Waals surface area contributed by atoms with Gasteiger partial charge in [-0.15, -0.1) is 11.6 Å². The molecule has 6 heteroatoms. The molecule has 0 N–H and O–H groups in total. The lowest BCUT2D eigenvalue weighted by Gasteiger charge is -2.28. The predicted octanol–water partition coefficient (Wildman–Crippen LogP) is 2.42. The Labute approximate surface area is 103 Å². The fourth-order valence-corrected chi connectivity index (χ4v) is 2.96. The average Bonchev–Trinajstić information content (AvgIpc) is 2.30. The van der Waals surface area contributed by atoms with Crippen molar-refractivity contribution in [3.05, 3.63) is 17.0 Å². The maximum atomic E-state index is 5.98. The molecular weight excluding hydrogens is 253 g/mol.